The topological polar surface area (TPSA) is 72.2 Å². The summed E-state index contributed by atoms with van der Waals surface area (Å²) in [6.45, 7) is 2.29. The number of nitrogens with two attached hydrogens (primary N) is 1. The quantitative estimate of drug-likeness (QED) is 0.887. The van der Waals surface area contributed by atoms with Crippen molar-refractivity contribution >= 4 is 27.3 Å². The molecule has 112 valence electrons. The predicted molar refractivity (Wildman–Crippen MR) is 86.0 cm³/mol. The van der Waals surface area contributed by atoms with Crippen LogP contribution in [0.1, 0.15) is 18.1 Å². The first-order valence-corrected chi connectivity index (χ1v) is 8.42. The van der Waals surface area contributed by atoms with Crippen molar-refractivity contribution in [2.75, 3.05) is 4.72 Å². The molecule has 0 aromatic heterocycles. The molecule has 6 heteroatoms. The number of sulfonamides is 1. The van der Waals surface area contributed by atoms with E-state index >= 15 is 0 Å². The molecule has 0 unspecified atom stereocenters. The van der Waals surface area contributed by atoms with Crippen LogP contribution in [0.3, 0.4) is 0 Å². The average Bonchev–Trinajstić information content (AvgIpc) is 2.48. The van der Waals surface area contributed by atoms with Gasteiger partial charge in [-0.2, -0.15) is 0 Å². The van der Waals surface area contributed by atoms with Crippen LogP contribution in [0, 0.1) is 0 Å². The number of aryl methyl sites for hydroxylation is 1. The second kappa shape index (κ2) is 6.47. The van der Waals surface area contributed by atoms with Crippen molar-refractivity contribution in [3.63, 3.8) is 0 Å². The summed E-state index contributed by atoms with van der Waals surface area (Å²) in [6, 6.07) is 12.0. The van der Waals surface area contributed by atoms with Gasteiger partial charge in [-0.05, 0) is 41.8 Å². The molecule has 0 aliphatic rings. The standard InChI is InChI=1S/C15H17ClN2O2S/c1-2-11-3-6-13(7-4-11)18-21(19,20)15-9-12(10-17)5-8-14(15)16/h3-9,18H,2,10,17H2,1H3. The van der Waals surface area contributed by atoms with Crippen molar-refractivity contribution in [1.82, 2.24) is 0 Å². The summed E-state index contributed by atoms with van der Waals surface area (Å²) in [5, 5.41) is 0.171. The van der Waals surface area contributed by atoms with E-state index in [0.717, 1.165) is 12.0 Å². The zero-order valence-corrected chi connectivity index (χ0v) is 13.2. The van der Waals surface area contributed by atoms with E-state index in [4.69, 9.17) is 17.3 Å². The van der Waals surface area contributed by atoms with Gasteiger partial charge in [0.15, 0.2) is 0 Å². The molecular weight excluding hydrogens is 308 g/mol. The fourth-order valence-electron chi connectivity index (χ4n) is 1.90. The lowest BCUT2D eigenvalue weighted by atomic mass is 10.2. The molecule has 2 aromatic carbocycles. The second-order valence-corrected chi connectivity index (χ2v) is 6.68. The van der Waals surface area contributed by atoms with Gasteiger partial charge in [-0.25, -0.2) is 8.42 Å². The van der Waals surface area contributed by atoms with Crippen LogP contribution in [-0.2, 0) is 23.0 Å². The van der Waals surface area contributed by atoms with Gasteiger partial charge in [-0.1, -0.05) is 36.7 Å². The van der Waals surface area contributed by atoms with E-state index in [-0.39, 0.29) is 16.5 Å². The Balaban J connectivity index is 2.33. The number of benzene rings is 2. The zero-order chi connectivity index (χ0) is 15.5. The van der Waals surface area contributed by atoms with E-state index in [9.17, 15) is 8.42 Å². The average molecular weight is 325 g/mol. The third-order valence-electron chi connectivity index (χ3n) is 3.14. The summed E-state index contributed by atoms with van der Waals surface area (Å²) in [7, 11) is -3.73. The normalized spacial score (nSPS) is 11.4. The maximum absolute atomic E-state index is 12.4. The third-order valence-corrected chi connectivity index (χ3v) is 5.00. The van der Waals surface area contributed by atoms with Gasteiger partial charge < -0.3 is 5.73 Å². The Labute approximate surface area is 130 Å². The Morgan fingerprint density at radius 3 is 2.29 bits per heavy atom. The SMILES string of the molecule is CCc1ccc(NS(=O)(=O)c2cc(CN)ccc2Cl)cc1. The zero-order valence-electron chi connectivity index (χ0n) is 11.6. The van der Waals surface area contributed by atoms with Gasteiger partial charge in [0.2, 0.25) is 0 Å². The van der Waals surface area contributed by atoms with Crippen molar-refractivity contribution in [3.05, 3.63) is 58.6 Å². The van der Waals surface area contributed by atoms with Crippen LogP contribution >= 0.6 is 11.6 Å². The fraction of sp³-hybridized carbons (Fsp3) is 0.200. The molecule has 2 rings (SSSR count). The first-order chi connectivity index (χ1) is 9.96. The van der Waals surface area contributed by atoms with Crippen LogP contribution in [0.5, 0.6) is 0 Å². The second-order valence-electron chi connectivity index (χ2n) is 4.62. The highest BCUT2D eigenvalue weighted by Crippen LogP contribution is 2.25. The predicted octanol–water partition coefficient (Wildman–Crippen LogP) is 3.16. The molecule has 3 N–H and O–H groups in total. The molecule has 0 saturated carbocycles. The maximum atomic E-state index is 12.4. The monoisotopic (exact) mass is 324 g/mol. The smallest absolute Gasteiger partial charge is 0.263 e. The van der Waals surface area contributed by atoms with Crippen LogP contribution in [0.4, 0.5) is 5.69 Å². The number of hydrogen-bond donors (Lipinski definition) is 2. The van der Waals surface area contributed by atoms with E-state index < -0.39 is 10.0 Å². The summed E-state index contributed by atoms with van der Waals surface area (Å²) < 4.78 is 27.3. The van der Waals surface area contributed by atoms with Crippen molar-refractivity contribution < 1.29 is 8.42 Å². The third kappa shape index (κ3) is 3.75. The van der Waals surface area contributed by atoms with Gasteiger partial charge in [0.1, 0.15) is 4.90 Å². The van der Waals surface area contributed by atoms with Crippen molar-refractivity contribution in [2.45, 2.75) is 24.8 Å². The molecule has 0 amide bonds. The molecule has 0 radical (unpaired) electrons. The molecular formula is C15H17ClN2O2S. The van der Waals surface area contributed by atoms with E-state index in [1.165, 1.54) is 6.07 Å². The van der Waals surface area contributed by atoms with Crippen LogP contribution < -0.4 is 10.5 Å². The molecule has 21 heavy (non-hydrogen) atoms. The van der Waals surface area contributed by atoms with Crippen LogP contribution in [-0.4, -0.2) is 8.42 Å². The Hall–Kier alpha value is -1.56. The molecule has 0 atom stereocenters. The van der Waals surface area contributed by atoms with E-state index in [1.54, 1.807) is 24.3 Å². The minimum Gasteiger partial charge on any atom is -0.326 e. The van der Waals surface area contributed by atoms with E-state index in [1.807, 2.05) is 19.1 Å². The number of anilines is 1. The Bertz CT molecular complexity index is 728. The van der Waals surface area contributed by atoms with Gasteiger partial charge in [-0.3, -0.25) is 4.72 Å². The highest BCUT2D eigenvalue weighted by Gasteiger charge is 2.18. The Morgan fingerprint density at radius 1 is 1.10 bits per heavy atom. The van der Waals surface area contributed by atoms with Gasteiger partial charge in [0.25, 0.3) is 10.0 Å². The first-order valence-electron chi connectivity index (χ1n) is 6.56. The summed E-state index contributed by atoms with van der Waals surface area (Å²) in [6.07, 6.45) is 0.900. The summed E-state index contributed by atoms with van der Waals surface area (Å²) in [5.41, 5.74) is 7.89. The Morgan fingerprint density at radius 2 is 1.71 bits per heavy atom. The lowest BCUT2D eigenvalue weighted by molar-refractivity contribution is 0.601. The van der Waals surface area contributed by atoms with Gasteiger partial charge in [0.05, 0.1) is 5.02 Å². The van der Waals surface area contributed by atoms with E-state index in [2.05, 4.69) is 4.72 Å². The lowest BCUT2D eigenvalue weighted by Crippen LogP contribution is -2.14. The highest BCUT2D eigenvalue weighted by atomic mass is 35.5. The molecule has 0 aliphatic heterocycles. The minimum atomic E-state index is -3.73. The molecule has 2 aromatic rings. The molecule has 0 heterocycles. The van der Waals surface area contributed by atoms with Crippen LogP contribution in [0.2, 0.25) is 5.02 Å². The lowest BCUT2D eigenvalue weighted by Gasteiger charge is -2.11. The van der Waals surface area contributed by atoms with Crippen LogP contribution in [0.25, 0.3) is 0 Å². The molecule has 0 spiro atoms. The number of nitrogens with one attached hydrogen (secondary N) is 1. The van der Waals surface area contributed by atoms with Crippen molar-refractivity contribution in [1.29, 1.82) is 0 Å². The number of rotatable bonds is 5. The maximum Gasteiger partial charge on any atom is 0.263 e. The first kappa shape index (κ1) is 15.8. The van der Waals surface area contributed by atoms with Crippen molar-refractivity contribution in [3.8, 4) is 0 Å². The van der Waals surface area contributed by atoms with Gasteiger partial charge >= 0.3 is 0 Å². The Kier molecular flexibility index (Phi) is 4.88. The largest absolute Gasteiger partial charge is 0.326 e. The highest BCUT2D eigenvalue weighted by molar-refractivity contribution is 7.92. The van der Waals surface area contributed by atoms with Gasteiger partial charge in [-0.15, -0.1) is 0 Å². The van der Waals surface area contributed by atoms with E-state index in [0.29, 0.717) is 11.3 Å². The summed E-state index contributed by atoms with van der Waals surface area (Å²) in [4.78, 5) is 0.0340. The minimum absolute atomic E-state index is 0.0340. The fourth-order valence-corrected chi connectivity index (χ4v) is 3.51. The molecule has 0 aliphatic carbocycles. The summed E-state index contributed by atoms with van der Waals surface area (Å²) >= 11 is 5.99. The molecule has 0 fully saturated rings. The van der Waals surface area contributed by atoms with Crippen molar-refractivity contribution in [2.24, 2.45) is 5.73 Å². The van der Waals surface area contributed by atoms with Crippen LogP contribution in [0.15, 0.2) is 47.4 Å². The molecule has 4 nitrogen and oxygen atoms in total. The molecule has 0 saturated heterocycles. The molecule has 0 bridgehead atoms. The summed E-state index contributed by atoms with van der Waals surface area (Å²) in [5.74, 6) is 0. The number of hydrogen-bond acceptors (Lipinski definition) is 3. The van der Waals surface area contributed by atoms with Gasteiger partial charge in [0, 0.05) is 12.2 Å². The number of halogens is 1.